The van der Waals surface area contributed by atoms with Crippen molar-refractivity contribution in [3.8, 4) is 0 Å². The molecule has 0 aliphatic carbocycles. The van der Waals surface area contributed by atoms with E-state index in [1.807, 2.05) is 0 Å². The predicted octanol–water partition coefficient (Wildman–Crippen LogP) is 7.26. The number of rotatable bonds is 6. The third kappa shape index (κ3) is 4.82. The normalized spacial score (nSPS) is 11.0. The maximum atomic E-state index is 6.64. The molecule has 0 aliphatic rings. The summed E-state index contributed by atoms with van der Waals surface area (Å²) in [5.41, 5.74) is 10.7. The van der Waals surface area contributed by atoms with Gasteiger partial charge in [-0.3, -0.25) is 0 Å². The summed E-state index contributed by atoms with van der Waals surface area (Å²) in [5, 5.41) is 0.869. The van der Waals surface area contributed by atoms with Crippen LogP contribution in [0.15, 0.2) is 54.6 Å². The maximum Gasteiger partial charge on any atom is 0.0444 e. The van der Waals surface area contributed by atoms with E-state index in [1.54, 1.807) is 0 Å². The van der Waals surface area contributed by atoms with Crippen LogP contribution in [0.5, 0.6) is 0 Å². The SMILES string of the molecule is CCc1ccc(Cc2ccc(Cc3ccc(CC)c(C)c3)cc2Cl)c(C)c1. The van der Waals surface area contributed by atoms with E-state index < -0.39 is 0 Å². The molecule has 0 amide bonds. The molecule has 0 unspecified atom stereocenters. The Morgan fingerprint density at radius 3 is 1.74 bits per heavy atom. The summed E-state index contributed by atoms with van der Waals surface area (Å²) in [6, 6.07) is 20.1. The van der Waals surface area contributed by atoms with Crippen molar-refractivity contribution in [2.24, 2.45) is 0 Å². The Kier molecular flexibility index (Phi) is 6.39. The lowest BCUT2D eigenvalue weighted by Gasteiger charge is -2.11. The molecule has 0 radical (unpaired) electrons. The van der Waals surface area contributed by atoms with Gasteiger partial charge in [0.15, 0.2) is 0 Å². The Hall–Kier alpha value is -2.05. The minimum Gasteiger partial charge on any atom is -0.0840 e. The van der Waals surface area contributed by atoms with Crippen LogP contribution in [0.4, 0.5) is 0 Å². The first-order valence-electron chi connectivity index (χ1n) is 9.94. The van der Waals surface area contributed by atoms with Gasteiger partial charge in [-0.2, -0.15) is 0 Å². The summed E-state index contributed by atoms with van der Waals surface area (Å²) < 4.78 is 0. The Bertz CT molecular complexity index is 937. The molecule has 1 heteroatoms. The zero-order valence-electron chi connectivity index (χ0n) is 16.9. The quantitative estimate of drug-likeness (QED) is 0.424. The van der Waals surface area contributed by atoms with E-state index in [-0.39, 0.29) is 0 Å². The van der Waals surface area contributed by atoms with E-state index >= 15 is 0 Å². The molecule has 3 rings (SSSR count). The second-order valence-electron chi connectivity index (χ2n) is 7.51. The van der Waals surface area contributed by atoms with Crippen LogP contribution < -0.4 is 0 Å². The van der Waals surface area contributed by atoms with Crippen molar-refractivity contribution in [1.82, 2.24) is 0 Å². The highest BCUT2D eigenvalue weighted by atomic mass is 35.5. The third-order valence-electron chi connectivity index (χ3n) is 5.51. The molecule has 0 saturated carbocycles. The van der Waals surface area contributed by atoms with Crippen molar-refractivity contribution in [3.63, 3.8) is 0 Å². The Morgan fingerprint density at radius 2 is 1.15 bits per heavy atom. The number of hydrogen-bond acceptors (Lipinski definition) is 0. The van der Waals surface area contributed by atoms with Crippen molar-refractivity contribution in [2.75, 3.05) is 0 Å². The van der Waals surface area contributed by atoms with Crippen molar-refractivity contribution in [2.45, 2.75) is 53.4 Å². The first kappa shape index (κ1) is 19.7. The highest BCUT2D eigenvalue weighted by molar-refractivity contribution is 6.31. The van der Waals surface area contributed by atoms with Crippen LogP contribution in [0.2, 0.25) is 5.02 Å². The molecule has 27 heavy (non-hydrogen) atoms. The number of hydrogen-bond donors (Lipinski definition) is 0. The molecule has 0 aliphatic heterocycles. The van der Waals surface area contributed by atoms with Gasteiger partial charge in [-0.15, -0.1) is 0 Å². The Morgan fingerprint density at radius 1 is 0.593 bits per heavy atom. The summed E-state index contributed by atoms with van der Waals surface area (Å²) >= 11 is 6.64. The predicted molar refractivity (Wildman–Crippen MR) is 118 cm³/mol. The molecule has 0 bridgehead atoms. The lowest BCUT2D eigenvalue weighted by atomic mass is 9.95. The molecule has 3 aromatic carbocycles. The zero-order valence-corrected chi connectivity index (χ0v) is 17.7. The van der Waals surface area contributed by atoms with E-state index in [0.29, 0.717) is 0 Å². The smallest absolute Gasteiger partial charge is 0.0444 e. The average molecular weight is 377 g/mol. The van der Waals surface area contributed by atoms with Gasteiger partial charge in [0.25, 0.3) is 0 Å². The summed E-state index contributed by atoms with van der Waals surface area (Å²) in [5.74, 6) is 0. The third-order valence-corrected chi connectivity index (χ3v) is 5.86. The van der Waals surface area contributed by atoms with E-state index in [1.165, 1.54) is 44.5 Å². The molecular formula is C26H29Cl. The number of halogens is 1. The van der Waals surface area contributed by atoms with Crippen LogP contribution in [0.1, 0.15) is 58.4 Å². The fraction of sp³-hybridized carbons (Fsp3) is 0.308. The summed E-state index contributed by atoms with van der Waals surface area (Å²) in [6.45, 7) is 8.79. The van der Waals surface area contributed by atoms with Gasteiger partial charge in [0, 0.05) is 5.02 Å². The van der Waals surface area contributed by atoms with Crippen LogP contribution >= 0.6 is 11.6 Å². The van der Waals surface area contributed by atoms with E-state index in [9.17, 15) is 0 Å². The first-order valence-corrected chi connectivity index (χ1v) is 10.3. The zero-order chi connectivity index (χ0) is 19.4. The largest absolute Gasteiger partial charge is 0.0840 e. The number of benzene rings is 3. The molecule has 0 heterocycles. The molecule has 0 aromatic heterocycles. The minimum absolute atomic E-state index is 0.869. The van der Waals surface area contributed by atoms with E-state index in [2.05, 4.69) is 82.3 Å². The molecule has 0 atom stereocenters. The van der Waals surface area contributed by atoms with Crippen molar-refractivity contribution < 1.29 is 0 Å². The molecule has 3 aromatic rings. The molecule has 0 N–H and O–H groups in total. The van der Waals surface area contributed by atoms with Gasteiger partial charge in [0.1, 0.15) is 0 Å². The fourth-order valence-corrected chi connectivity index (χ4v) is 4.00. The average Bonchev–Trinajstić information content (AvgIpc) is 2.65. The monoisotopic (exact) mass is 376 g/mol. The van der Waals surface area contributed by atoms with Gasteiger partial charge < -0.3 is 0 Å². The summed E-state index contributed by atoms with van der Waals surface area (Å²) in [7, 11) is 0. The van der Waals surface area contributed by atoms with Gasteiger partial charge in [-0.05, 0) is 90.1 Å². The van der Waals surface area contributed by atoms with Gasteiger partial charge in [-0.1, -0.05) is 74.0 Å². The summed E-state index contributed by atoms with van der Waals surface area (Å²) in [4.78, 5) is 0. The van der Waals surface area contributed by atoms with Crippen molar-refractivity contribution in [1.29, 1.82) is 0 Å². The fourth-order valence-electron chi connectivity index (χ4n) is 3.73. The van der Waals surface area contributed by atoms with Crippen LogP contribution in [-0.2, 0) is 25.7 Å². The lowest BCUT2D eigenvalue weighted by Crippen LogP contribution is -1.96. The molecule has 0 nitrogen and oxygen atoms in total. The second-order valence-corrected chi connectivity index (χ2v) is 7.92. The minimum atomic E-state index is 0.869. The molecular weight excluding hydrogens is 348 g/mol. The standard InChI is InChI=1S/C26H29Cl/c1-5-20-7-11-24(19(4)13-20)17-25-12-9-22(16-26(25)27)15-21-8-10-23(6-2)18(3)14-21/h7-14,16H,5-6,15,17H2,1-4H3. The summed E-state index contributed by atoms with van der Waals surface area (Å²) in [6.07, 6.45) is 3.98. The van der Waals surface area contributed by atoms with Crippen LogP contribution in [0.25, 0.3) is 0 Å². The van der Waals surface area contributed by atoms with Crippen LogP contribution in [0, 0.1) is 13.8 Å². The van der Waals surface area contributed by atoms with Gasteiger partial charge in [0.2, 0.25) is 0 Å². The number of aryl methyl sites for hydroxylation is 4. The van der Waals surface area contributed by atoms with Gasteiger partial charge in [0.05, 0.1) is 0 Å². The van der Waals surface area contributed by atoms with Crippen molar-refractivity contribution >= 4 is 11.6 Å². The molecule has 0 spiro atoms. The van der Waals surface area contributed by atoms with E-state index in [4.69, 9.17) is 11.6 Å². The molecule has 140 valence electrons. The Balaban J connectivity index is 1.76. The highest BCUT2D eigenvalue weighted by Crippen LogP contribution is 2.25. The van der Waals surface area contributed by atoms with E-state index in [0.717, 1.165) is 30.7 Å². The Labute approximate surface area is 169 Å². The maximum absolute atomic E-state index is 6.64. The van der Waals surface area contributed by atoms with Crippen LogP contribution in [0.3, 0.4) is 0 Å². The second kappa shape index (κ2) is 8.76. The topological polar surface area (TPSA) is 0 Å². The lowest BCUT2D eigenvalue weighted by molar-refractivity contribution is 1.08. The van der Waals surface area contributed by atoms with Crippen LogP contribution in [-0.4, -0.2) is 0 Å². The van der Waals surface area contributed by atoms with Crippen molar-refractivity contribution in [3.05, 3.63) is 104 Å². The first-order chi connectivity index (χ1) is 13.0. The molecule has 0 saturated heterocycles. The molecule has 0 fully saturated rings. The van der Waals surface area contributed by atoms with Gasteiger partial charge in [-0.25, -0.2) is 0 Å². The highest BCUT2D eigenvalue weighted by Gasteiger charge is 2.07. The van der Waals surface area contributed by atoms with Gasteiger partial charge >= 0.3 is 0 Å².